The van der Waals surface area contributed by atoms with Gasteiger partial charge in [-0.3, -0.25) is 5.10 Å². The van der Waals surface area contributed by atoms with E-state index in [0.29, 0.717) is 12.2 Å². The fourth-order valence-electron chi connectivity index (χ4n) is 1.16. The van der Waals surface area contributed by atoms with Gasteiger partial charge in [-0.15, -0.1) is 0 Å². The summed E-state index contributed by atoms with van der Waals surface area (Å²) in [6, 6.07) is -0.250. The van der Waals surface area contributed by atoms with Crippen molar-refractivity contribution in [2.24, 2.45) is 0 Å². The standard InChI is InChI=1S/C7H12N4O2/c1-3-5(11(2)7(12)13)6-8-4-9-10-6/h4-5H,3H2,1-2H3,(H,12,13)(H,8,9,10). The van der Waals surface area contributed by atoms with E-state index < -0.39 is 6.09 Å². The molecule has 0 saturated heterocycles. The fourth-order valence-corrected chi connectivity index (χ4v) is 1.16. The third kappa shape index (κ3) is 1.95. The number of aromatic amines is 1. The van der Waals surface area contributed by atoms with Crippen molar-refractivity contribution in [2.75, 3.05) is 7.05 Å². The number of nitrogens with one attached hydrogen (secondary N) is 1. The average molecular weight is 184 g/mol. The molecule has 1 heterocycles. The Morgan fingerprint density at radius 1 is 1.85 bits per heavy atom. The van der Waals surface area contributed by atoms with Crippen molar-refractivity contribution in [2.45, 2.75) is 19.4 Å². The molecule has 1 aromatic rings. The zero-order valence-corrected chi connectivity index (χ0v) is 7.56. The third-order valence-corrected chi connectivity index (χ3v) is 1.91. The maximum Gasteiger partial charge on any atom is 0.407 e. The second-order valence-electron chi connectivity index (χ2n) is 2.69. The van der Waals surface area contributed by atoms with Gasteiger partial charge in [-0.25, -0.2) is 9.78 Å². The van der Waals surface area contributed by atoms with E-state index in [1.165, 1.54) is 18.3 Å². The predicted molar refractivity (Wildman–Crippen MR) is 45.2 cm³/mol. The lowest BCUT2D eigenvalue weighted by Crippen LogP contribution is -2.30. The summed E-state index contributed by atoms with van der Waals surface area (Å²) < 4.78 is 0. The van der Waals surface area contributed by atoms with Crippen LogP contribution < -0.4 is 0 Å². The Hall–Kier alpha value is -1.59. The molecule has 0 radical (unpaired) electrons. The van der Waals surface area contributed by atoms with Crippen LogP contribution in [0.15, 0.2) is 6.33 Å². The Labute approximate surface area is 75.6 Å². The molecule has 6 nitrogen and oxygen atoms in total. The van der Waals surface area contributed by atoms with Gasteiger partial charge in [0.05, 0.1) is 6.04 Å². The molecule has 72 valence electrons. The normalized spacial score (nSPS) is 12.5. The molecule has 1 atom stereocenters. The van der Waals surface area contributed by atoms with Crippen molar-refractivity contribution in [3.05, 3.63) is 12.2 Å². The third-order valence-electron chi connectivity index (χ3n) is 1.91. The monoisotopic (exact) mass is 184 g/mol. The molecule has 0 aliphatic carbocycles. The van der Waals surface area contributed by atoms with Gasteiger partial charge >= 0.3 is 6.09 Å². The highest BCUT2D eigenvalue weighted by Gasteiger charge is 2.21. The van der Waals surface area contributed by atoms with Gasteiger partial charge in [0, 0.05) is 7.05 Å². The maximum atomic E-state index is 10.7. The van der Waals surface area contributed by atoms with Crippen LogP contribution in [0.2, 0.25) is 0 Å². The van der Waals surface area contributed by atoms with Crippen molar-refractivity contribution in [3.63, 3.8) is 0 Å². The number of amides is 1. The van der Waals surface area contributed by atoms with Gasteiger partial charge < -0.3 is 10.0 Å². The van der Waals surface area contributed by atoms with Crippen LogP contribution in [0, 0.1) is 0 Å². The lowest BCUT2D eigenvalue weighted by molar-refractivity contribution is 0.135. The Morgan fingerprint density at radius 2 is 2.54 bits per heavy atom. The van der Waals surface area contributed by atoms with Crippen LogP contribution in [0.25, 0.3) is 0 Å². The smallest absolute Gasteiger partial charge is 0.407 e. The molecule has 1 aromatic heterocycles. The first-order valence-electron chi connectivity index (χ1n) is 3.97. The molecule has 0 spiro atoms. The van der Waals surface area contributed by atoms with Gasteiger partial charge in [-0.2, -0.15) is 5.10 Å². The number of carboxylic acid groups (broad SMARTS) is 1. The van der Waals surface area contributed by atoms with Gasteiger partial charge in [-0.05, 0) is 6.42 Å². The Balaban J connectivity index is 2.79. The molecule has 6 heteroatoms. The number of carbonyl (C=O) groups is 1. The minimum Gasteiger partial charge on any atom is -0.465 e. The van der Waals surface area contributed by atoms with E-state index >= 15 is 0 Å². The van der Waals surface area contributed by atoms with E-state index in [4.69, 9.17) is 5.11 Å². The number of hydrogen-bond donors (Lipinski definition) is 2. The van der Waals surface area contributed by atoms with Crippen molar-refractivity contribution in [1.29, 1.82) is 0 Å². The molecule has 13 heavy (non-hydrogen) atoms. The summed E-state index contributed by atoms with van der Waals surface area (Å²) in [5.74, 6) is 0.576. The number of hydrogen-bond acceptors (Lipinski definition) is 3. The van der Waals surface area contributed by atoms with Crippen LogP contribution in [-0.2, 0) is 0 Å². The largest absolute Gasteiger partial charge is 0.465 e. The second-order valence-corrected chi connectivity index (χ2v) is 2.69. The Bertz CT molecular complexity index is 272. The van der Waals surface area contributed by atoms with Crippen molar-refractivity contribution in [1.82, 2.24) is 20.1 Å². The number of aromatic nitrogens is 3. The lowest BCUT2D eigenvalue weighted by atomic mass is 10.2. The Kier molecular flexibility index (Phi) is 2.84. The van der Waals surface area contributed by atoms with Crippen LogP contribution in [0.5, 0.6) is 0 Å². The topological polar surface area (TPSA) is 82.1 Å². The number of H-pyrrole nitrogens is 1. The molecule has 0 saturated carbocycles. The van der Waals surface area contributed by atoms with Crippen LogP contribution in [-0.4, -0.2) is 38.3 Å². The summed E-state index contributed by atoms with van der Waals surface area (Å²) in [6.45, 7) is 1.90. The maximum absolute atomic E-state index is 10.7. The highest BCUT2D eigenvalue weighted by molar-refractivity contribution is 5.65. The van der Waals surface area contributed by atoms with Gasteiger partial charge in [-0.1, -0.05) is 6.92 Å². The Morgan fingerprint density at radius 3 is 2.92 bits per heavy atom. The molecule has 0 fully saturated rings. The number of nitrogens with zero attached hydrogens (tertiary/aromatic N) is 3. The SMILES string of the molecule is CCC(c1ncn[nH]1)N(C)C(=O)O. The van der Waals surface area contributed by atoms with Crippen molar-refractivity contribution >= 4 is 6.09 Å². The molecule has 2 N–H and O–H groups in total. The summed E-state index contributed by atoms with van der Waals surface area (Å²) in [7, 11) is 1.51. The van der Waals surface area contributed by atoms with E-state index in [1.54, 1.807) is 0 Å². The summed E-state index contributed by atoms with van der Waals surface area (Å²) in [6.07, 6.45) is 1.06. The minimum atomic E-state index is -0.969. The molecular formula is C7H12N4O2. The zero-order chi connectivity index (χ0) is 9.84. The highest BCUT2D eigenvalue weighted by atomic mass is 16.4. The molecule has 0 bridgehead atoms. The molecule has 1 unspecified atom stereocenters. The first-order chi connectivity index (χ1) is 6.16. The van der Waals surface area contributed by atoms with Crippen LogP contribution in [0.4, 0.5) is 4.79 Å². The number of rotatable bonds is 3. The van der Waals surface area contributed by atoms with Crippen molar-refractivity contribution < 1.29 is 9.90 Å². The van der Waals surface area contributed by atoms with Gasteiger partial charge in [0.15, 0.2) is 0 Å². The zero-order valence-electron chi connectivity index (χ0n) is 7.56. The summed E-state index contributed by atoms with van der Waals surface area (Å²) in [5.41, 5.74) is 0. The molecule has 0 aliphatic rings. The fraction of sp³-hybridized carbons (Fsp3) is 0.571. The predicted octanol–water partition coefficient (Wildman–Crippen LogP) is 0.866. The molecule has 0 aromatic carbocycles. The summed E-state index contributed by atoms with van der Waals surface area (Å²) in [5, 5.41) is 15.1. The van der Waals surface area contributed by atoms with Crippen LogP contribution in [0.1, 0.15) is 25.2 Å². The lowest BCUT2D eigenvalue weighted by Gasteiger charge is -2.21. The summed E-state index contributed by atoms with van der Waals surface area (Å²) in [4.78, 5) is 15.8. The van der Waals surface area contributed by atoms with Crippen LogP contribution >= 0.6 is 0 Å². The first kappa shape index (κ1) is 9.50. The molecule has 1 amide bonds. The van der Waals surface area contributed by atoms with Crippen LogP contribution in [0.3, 0.4) is 0 Å². The quantitative estimate of drug-likeness (QED) is 0.730. The highest BCUT2D eigenvalue weighted by Crippen LogP contribution is 2.18. The van der Waals surface area contributed by atoms with Gasteiger partial charge in [0.2, 0.25) is 0 Å². The van der Waals surface area contributed by atoms with Gasteiger partial charge in [0.25, 0.3) is 0 Å². The van der Waals surface area contributed by atoms with E-state index in [0.717, 1.165) is 0 Å². The van der Waals surface area contributed by atoms with E-state index in [9.17, 15) is 4.79 Å². The van der Waals surface area contributed by atoms with Gasteiger partial charge in [0.1, 0.15) is 12.2 Å². The first-order valence-corrected chi connectivity index (χ1v) is 3.97. The van der Waals surface area contributed by atoms with E-state index in [-0.39, 0.29) is 6.04 Å². The molecule has 1 rings (SSSR count). The molecule has 0 aliphatic heterocycles. The van der Waals surface area contributed by atoms with Crippen molar-refractivity contribution in [3.8, 4) is 0 Å². The van der Waals surface area contributed by atoms with E-state index in [1.807, 2.05) is 6.92 Å². The minimum absolute atomic E-state index is 0.250. The second kappa shape index (κ2) is 3.88. The summed E-state index contributed by atoms with van der Waals surface area (Å²) >= 11 is 0. The van der Waals surface area contributed by atoms with E-state index in [2.05, 4.69) is 15.2 Å². The average Bonchev–Trinajstić information content (AvgIpc) is 2.58. The molecular weight excluding hydrogens is 172 g/mol.